The summed E-state index contributed by atoms with van der Waals surface area (Å²) in [6.07, 6.45) is -3.63. The van der Waals surface area contributed by atoms with Gasteiger partial charge in [-0.3, -0.25) is 10.00 Å². The van der Waals surface area contributed by atoms with Crippen molar-refractivity contribution in [2.75, 3.05) is 38.5 Å². The molecule has 1 aromatic heterocycles. The minimum absolute atomic E-state index is 0.0696. The minimum Gasteiger partial charge on any atom is -0.324 e. The van der Waals surface area contributed by atoms with E-state index in [0.29, 0.717) is 19.0 Å². The first kappa shape index (κ1) is 18.6. The zero-order valence-electron chi connectivity index (χ0n) is 14.4. The van der Waals surface area contributed by atoms with Gasteiger partial charge in [0.15, 0.2) is 5.69 Å². The molecule has 0 radical (unpaired) electrons. The van der Waals surface area contributed by atoms with E-state index in [-0.39, 0.29) is 17.4 Å². The maximum absolute atomic E-state index is 12.9. The summed E-state index contributed by atoms with van der Waals surface area (Å²) in [5.41, 5.74) is -1.04. The summed E-state index contributed by atoms with van der Waals surface area (Å²) in [4.78, 5) is 16.2. The van der Waals surface area contributed by atoms with Gasteiger partial charge in [-0.25, -0.2) is 4.79 Å². The fraction of sp³-hybridized carbons (Fsp3) is 0.733. The molecule has 1 aromatic rings. The molecule has 2 heterocycles. The van der Waals surface area contributed by atoms with Crippen molar-refractivity contribution in [1.82, 2.24) is 19.6 Å². The van der Waals surface area contributed by atoms with Crippen molar-refractivity contribution in [3.8, 4) is 0 Å². The monoisotopic (exact) mass is 347 g/mol. The second kappa shape index (κ2) is 7.00. The van der Waals surface area contributed by atoms with Gasteiger partial charge in [0, 0.05) is 32.2 Å². The highest BCUT2D eigenvalue weighted by atomic mass is 19.4. The molecule has 1 atom stereocenters. The Hall–Kier alpha value is -1.77. The van der Waals surface area contributed by atoms with Crippen molar-refractivity contribution in [3.63, 3.8) is 0 Å². The number of aryl methyl sites for hydroxylation is 1. The summed E-state index contributed by atoms with van der Waals surface area (Å²) in [5.74, 6) is 0.473. The average molecular weight is 347 g/mol. The third-order valence-corrected chi connectivity index (χ3v) is 4.46. The van der Waals surface area contributed by atoms with Gasteiger partial charge in [0.05, 0.1) is 0 Å². The third-order valence-electron chi connectivity index (χ3n) is 4.46. The maximum Gasteiger partial charge on any atom is 0.435 e. The Kier molecular flexibility index (Phi) is 5.42. The number of likely N-dealkylation sites (tertiary alicyclic amines) is 1. The molecule has 1 N–H and O–H groups in total. The lowest BCUT2D eigenvalue weighted by Crippen LogP contribution is -2.35. The van der Waals surface area contributed by atoms with Crippen molar-refractivity contribution >= 4 is 11.8 Å². The van der Waals surface area contributed by atoms with Crippen LogP contribution in [0.25, 0.3) is 0 Å². The Morgan fingerprint density at radius 3 is 2.67 bits per heavy atom. The molecule has 136 valence electrons. The first-order valence-electron chi connectivity index (χ1n) is 7.98. The lowest BCUT2D eigenvalue weighted by atomic mass is 10.1. The predicted molar refractivity (Wildman–Crippen MR) is 84.8 cm³/mol. The van der Waals surface area contributed by atoms with E-state index in [1.807, 2.05) is 7.05 Å². The third kappa shape index (κ3) is 4.00. The fourth-order valence-corrected chi connectivity index (χ4v) is 2.99. The van der Waals surface area contributed by atoms with E-state index in [1.165, 1.54) is 14.0 Å². The van der Waals surface area contributed by atoms with Gasteiger partial charge < -0.3 is 9.80 Å². The van der Waals surface area contributed by atoms with Gasteiger partial charge in [-0.2, -0.15) is 18.3 Å². The van der Waals surface area contributed by atoms with Crippen molar-refractivity contribution in [3.05, 3.63) is 11.3 Å². The number of carbonyl (C=O) groups excluding carboxylic acids is 1. The van der Waals surface area contributed by atoms with Gasteiger partial charge in [0.25, 0.3) is 0 Å². The number of carbonyl (C=O) groups is 1. The normalized spacial score (nSPS) is 18.5. The molecule has 9 heteroatoms. The summed E-state index contributed by atoms with van der Waals surface area (Å²) < 4.78 is 39.7. The number of nitrogens with zero attached hydrogens (tertiary/aromatic N) is 4. The highest BCUT2D eigenvalue weighted by molar-refractivity contribution is 5.89. The summed E-state index contributed by atoms with van der Waals surface area (Å²) >= 11 is 0. The number of anilines is 1. The van der Waals surface area contributed by atoms with Crippen LogP contribution in [-0.2, 0) is 13.2 Å². The molecule has 1 fully saturated rings. The van der Waals surface area contributed by atoms with Crippen LogP contribution >= 0.6 is 0 Å². The zero-order valence-corrected chi connectivity index (χ0v) is 14.4. The van der Waals surface area contributed by atoms with Crippen molar-refractivity contribution < 1.29 is 18.0 Å². The van der Waals surface area contributed by atoms with Crippen LogP contribution in [-0.4, -0.2) is 58.8 Å². The second-order valence-corrected chi connectivity index (χ2v) is 6.33. The Bertz CT molecular complexity index is 599. The van der Waals surface area contributed by atoms with E-state index in [2.05, 4.69) is 22.2 Å². The highest BCUT2D eigenvalue weighted by Crippen LogP contribution is 2.33. The molecule has 2 amide bonds. The highest BCUT2D eigenvalue weighted by Gasteiger charge is 2.38. The molecular weight excluding hydrogens is 323 g/mol. The number of hydrogen-bond donors (Lipinski definition) is 1. The molecule has 0 aromatic carbocycles. The number of urea groups is 1. The zero-order chi connectivity index (χ0) is 18.1. The van der Waals surface area contributed by atoms with Gasteiger partial charge >= 0.3 is 12.2 Å². The molecule has 1 aliphatic rings. The van der Waals surface area contributed by atoms with E-state index in [4.69, 9.17) is 0 Å². The van der Waals surface area contributed by atoms with Crippen molar-refractivity contribution in [2.45, 2.75) is 26.4 Å². The summed E-state index contributed by atoms with van der Waals surface area (Å²) in [6, 6.07) is -0.378. The van der Waals surface area contributed by atoms with E-state index in [1.54, 1.807) is 4.90 Å². The largest absolute Gasteiger partial charge is 0.435 e. The van der Waals surface area contributed by atoms with Crippen LogP contribution in [0.15, 0.2) is 0 Å². The lowest BCUT2D eigenvalue weighted by Gasteiger charge is -2.20. The Balaban J connectivity index is 2.02. The van der Waals surface area contributed by atoms with Crippen LogP contribution in [0.5, 0.6) is 0 Å². The van der Waals surface area contributed by atoms with Gasteiger partial charge in [-0.15, -0.1) is 0 Å². The van der Waals surface area contributed by atoms with Crippen molar-refractivity contribution in [1.29, 1.82) is 0 Å². The van der Waals surface area contributed by atoms with Gasteiger partial charge in [-0.05, 0) is 32.9 Å². The van der Waals surface area contributed by atoms with E-state index < -0.39 is 11.9 Å². The Morgan fingerprint density at radius 1 is 1.46 bits per heavy atom. The molecule has 2 rings (SSSR count). The summed E-state index contributed by atoms with van der Waals surface area (Å²) in [5, 5.41) is 6.05. The van der Waals surface area contributed by atoms with Crippen LogP contribution < -0.4 is 5.32 Å². The fourth-order valence-electron chi connectivity index (χ4n) is 2.99. The van der Waals surface area contributed by atoms with Crippen molar-refractivity contribution in [2.24, 2.45) is 13.0 Å². The molecule has 0 spiro atoms. The van der Waals surface area contributed by atoms with Crippen LogP contribution in [0.3, 0.4) is 0 Å². The first-order valence-corrected chi connectivity index (χ1v) is 7.98. The van der Waals surface area contributed by atoms with E-state index in [9.17, 15) is 18.0 Å². The predicted octanol–water partition coefficient (Wildman–Crippen LogP) is 2.55. The molecule has 1 saturated heterocycles. The Labute approximate surface area is 139 Å². The maximum atomic E-state index is 12.9. The second-order valence-electron chi connectivity index (χ2n) is 6.33. The number of nitrogens with one attached hydrogen (secondary N) is 1. The molecule has 1 aliphatic heterocycles. The average Bonchev–Trinajstić information content (AvgIpc) is 3.06. The minimum atomic E-state index is -4.53. The van der Waals surface area contributed by atoms with E-state index in [0.717, 1.165) is 24.2 Å². The Morgan fingerprint density at radius 2 is 2.12 bits per heavy atom. The first-order chi connectivity index (χ1) is 11.1. The standard InChI is InChI=1S/C15H24F3N5O/c1-5-21(3)8-11-6-7-23(9-11)14(24)19-13-10(2)12(15(16,17)18)20-22(13)4/h11H,5-9H2,1-4H3,(H,19,24). The summed E-state index contributed by atoms with van der Waals surface area (Å²) in [6.45, 7) is 6.45. The number of rotatable bonds is 4. The van der Waals surface area contributed by atoms with E-state index >= 15 is 0 Å². The number of amides is 2. The molecule has 1 unspecified atom stereocenters. The molecule has 0 bridgehead atoms. The molecule has 0 aliphatic carbocycles. The molecular formula is C15H24F3N5O. The summed E-state index contributed by atoms with van der Waals surface area (Å²) in [7, 11) is 3.42. The van der Waals surface area contributed by atoms with Crippen LogP contribution in [0.2, 0.25) is 0 Å². The van der Waals surface area contributed by atoms with Crippen LogP contribution in [0, 0.1) is 12.8 Å². The van der Waals surface area contributed by atoms with Crippen LogP contribution in [0.4, 0.5) is 23.8 Å². The number of hydrogen-bond acceptors (Lipinski definition) is 3. The molecule has 0 saturated carbocycles. The number of halogens is 3. The van der Waals surface area contributed by atoms with Gasteiger partial charge in [0.1, 0.15) is 5.82 Å². The lowest BCUT2D eigenvalue weighted by molar-refractivity contribution is -0.141. The number of alkyl halides is 3. The number of aromatic nitrogens is 2. The molecule has 24 heavy (non-hydrogen) atoms. The smallest absolute Gasteiger partial charge is 0.324 e. The SMILES string of the molecule is CCN(C)CC1CCN(C(=O)Nc2c(C)c(C(F)(F)F)nn2C)C1. The molecule has 6 nitrogen and oxygen atoms in total. The topological polar surface area (TPSA) is 53.4 Å². The van der Waals surface area contributed by atoms with Gasteiger partial charge in [-0.1, -0.05) is 6.92 Å². The quantitative estimate of drug-likeness (QED) is 0.911. The van der Waals surface area contributed by atoms with Gasteiger partial charge in [0.2, 0.25) is 0 Å². The van der Waals surface area contributed by atoms with Crippen LogP contribution in [0.1, 0.15) is 24.6 Å².